The van der Waals surface area contributed by atoms with Crippen molar-refractivity contribution in [2.24, 2.45) is 0 Å². The van der Waals surface area contributed by atoms with Gasteiger partial charge in [-0.2, -0.15) is 0 Å². The normalized spacial score (nSPS) is 9.42. The molecule has 0 saturated carbocycles. The van der Waals surface area contributed by atoms with E-state index < -0.39 is 0 Å². The second-order valence-electron chi connectivity index (χ2n) is 2.40. The second kappa shape index (κ2) is 4.83. The predicted molar refractivity (Wildman–Crippen MR) is 48.5 cm³/mol. The van der Waals surface area contributed by atoms with Gasteiger partial charge in [-0.3, -0.25) is 0 Å². The van der Waals surface area contributed by atoms with E-state index in [-0.39, 0.29) is 0 Å². The van der Waals surface area contributed by atoms with Crippen molar-refractivity contribution in [3.8, 4) is 5.75 Å². The van der Waals surface area contributed by atoms with E-state index in [9.17, 15) is 4.21 Å². The fraction of sp³-hybridized carbons (Fsp3) is 0.333. The summed E-state index contributed by atoms with van der Waals surface area (Å²) in [4.78, 5) is 0.721. The van der Waals surface area contributed by atoms with E-state index in [2.05, 4.69) is 6.92 Å². The van der Waals surface area contributed by atoms with Gasteiger partial charge in [-0.25, -0.2) is 0 Å². The highest BCUT2D eigenvalue weighted by molar-refractivity contribution is 7.65. The van der Waals surface area contributed by atoms with Crippen molar-refractivity contribution < 1.29 is 8.95 Å². The second-order valence-corrected chi connectivity index (χ2v) is 3.04. The van der Waals surface area contributed by atoms with Gasteiger partial charge < -0.3 is 4.74 Å². The average Bonchev–Trinajstić information content (AvgIpc) is 2.15. The zero-order chi connectivity index (χ0) is 8.81. The van der Waals surface area contributed by atoms with Crippen LogP contribution in [-0.4, -0.2) is 6.61 Å². The summed E-state index contributed by atoms with van der Waals surface area (Å²) in [6.45, 7) is 2.78. The van der Waals surface area contributed by atoms with Gasteiger partial charge in [-0.15, -0.1) is 0 Å². The number of ether oxygens (including phenoxy) is 1. The first-order valence-corrected chi connectivity index (χ1v) is 4.63. The van der Waals surface area contributed by atoms with E-state index in [1.807, 2.05) is 12.1 Å². The molecule has 0 aromatic heterocycles. The lowest BCUT2D eigenvalue weighted by molar-refractivity contribution is 0.317. The molecule has 1 rings (SSSR count). The maximum atomic E-state index is 10.3. The maximum absolute atomic E-state index is 10.3. The van der Waals surface area contributed by atoms with Gasteiger partial charge in [0.05, 0.1) is 6.61 Å². The molecule has 0 aliphatic carbocycles. The zero-order valence-electron chi connectivity index (χ0n) is 6.95. The first-order valence-electron chi connectivity index (χ1n) is 3.89. The summed E-state index contributed by atoms with van der Waals surface area (Å²) < 4.78 is 15.7. The summed E-state index contributed by atoms with van der Waals surface area (Å²) in [5.41, 5.74) is 0. The molecule has 0 N–H and O–H groups in total. The monoisotopic (exact) mass is 183 g/mol. The Hall–Kier alpha value is -0.960. The van der Waals surface area contributed by atoms with Gasteiger partial charge in [-0.1, -0.05) is 6.92 Å². The smallest absolute Gasteiger partial charge is 0.494 e. The number of hydrogen-bond acceptors (Lipinski definition) is 2. The molecule has 64 valence electrons. The van der Waals surface area contributed by atoms with E-state index in [1.165, 1.54) is 0 Å². The first-order chi connectivity index (χ1) is 5.86. The summed E-state index contributed by atoms with van der Waals surface area (Å²) in [6.07, 6.45) is 0.998. The molecule has 0 spiro atoms. The standard InChI is InChI=1S/C9H11O2S/c1-2-7-11-8-3-5-9(12-10)6-4-8/h3-6H,2,7H2,1H3/q+1. The Labute approximate surface area is 76.0 Å². The molecule has 0 radical (unpaired) electrons. The third-order valence-corrected chi connectivity index (χ3v) is 1.86. The maximum Gasteiger partial charge on any atom is 0.505 e. The SMILES string of the molecule is CCCOc1ccc([S+]=O)cc1. The Balaban J connectivity index is 2.58. The van der Waals surface area contributed by atoms with Crippen molar-refractivity contribution in [2.45, 2.75) is 18.2 Å². The van der Waals surface area contributed by atoms with Crippen molar-refractivity contribution >= 4 is 11.7 Å². The van der Waals surface area contributed by atoms with Crippen molar-refractivity contribution in [3.05, 3.63) is 24.3 Å². The minimum Gasteiger partial charge on any atom is -0.494 e. The Kier molecular flexibility index (Phi) is 3.67. The van der Waals surface area contributed by atoms with Gasteiger partial charge in [0.15, 0.2) is 0 Å². The van der Waals surface area contributed by atoms with Crippen molar-refractivity contribution in [2.75, 3.05) is 6.61 Å². The molecular weight excluding hydrogens is 172 g/mol. The fourth-order valence-electron chi connectivity index (χ4n) is 0.811. The molecule has 0 bridgehead atoms. The van der Waals surface area contributed by atoms with E-state index in [0.29, 0.717) is 11.7 Å². The van der Waals surface area contributed by atoms with Crippen LogP contribution in [0.25, 0.3) is 0 Å². The molecule has 12 heavy (non-hydrogen) atoms. The Morgan fingerprint density at radius 2 is 2.00 bits per heavy atom. The largest absolute Gasteiger partial charge is 0.505 e. The van der Waals surface area contributed by atoms with E-state index in [0.717, 1.165) is 23.7 Å². The zero-order valence-corrected chi connectivity index (χ0v) is 7.76. The highest BCUT2D eigenvalue weighted by Gasteiger charge is 2.04. The minimum absolute atomic E-state index is 0.496. The van der Waals surface area contributed by atoms with Crippen molar-refractivity contribution in [3.63, 3.8) is 0 Å². The highest BCUT2D eigenvalue weighted by atomic mass is 32.1. The summed E-state index contributed by atoms with van der Waals surface area (Å²) >= 11 is 0.496. The van der Waals surface area contributed by atoms with Crippen LogP contribution in [0.5, 0.6) is 5.75 Å². The molecule has 0 heterocycles. The van der Waals surface area contributed by atoms with Crippen LogP contribution < -0.4 is 4.74 Å². The molecule has 0 fully saturated rings. The van der Waals surface area contributed by atoms with Crippen LogP contribution in [0, 0.1) is 0 Å². The number of hydrogen-bond donors (Lipinski definition) is 0. The molecule has 1 aromatic rings. The number of rotatable bonds is 4. The molecule has 3 heteroatoms. The van der Waals surface area contributed by atoms with Gasteiger partial charge >= 0.3 is 11.7 Å². The third-order valence-electron chi connectivity index (χ3n) is 1.39. The molecule has 0 saturated heterocycles. The lowest BCUT2D eigenvalue weighted by Crippen LogP contribution is -1.94. The van der Waals surface area contributed by atoms with Crippen LogP contribution in [0.3, 0.4) is 0 Å². The molecule has 0 amide bonds. The van der Waals surface area contributed by atoms with Crippen LogP contribution >= 0.6 is 0 Å². The Morgan fingerprint density at radius 1 is 1.33 bits per heavy atom. The molecule has 0 aliphatic rings. The lowest BCUT2D eigenvalue weighted by atomic mass is 10.3. The molecule has 0 unspecified atom stereocenters. The molecule has 0 aliphatic heterocycles. The summed E-state index contributed by atoms with van der Waals surface area (Å²) in [5.74, 6) is 0.828. The Morgan fingerprint density at radius 3 is 2.50 bits per heavy atom. The topological polar surface area (TPSA) is 26.3 Å². The van der Waals surface area contributed by atoms with Crippen LogP contribution in [-0.2, 0) is 15.9 Å². The van der Waals surface area contributed by atoms with Crippen LogP contribution in [0.2, 0.25) is 0 Å². The Bertz CT molecular complexity index is 243. The van der Waals surface area contributed by atoms with Gasteiger partial charge in [0, 0.05) is 16.3 Å². The molecule has 1 aromatic carbocycles. The number of benzene rings is 1. The fourth-order valence-corrected chi connectivity index (χ4v) is 1.06. The van der Waals surface area contributed by atoms with Crippen LogP contribution in [0.4, 0.5) is 0 Å². The predicted octanol–water partition coefficient (Wildman–Crippen LogP) is 2.26. The molecule has 2 nitrogen and oxygen atoms in total. The first kappa shape index (κ1) is 9.13. The van der Waals surface area contributed by atoms with Crippen LogP contribution in [0.1, 0.15) is 13.3 Å². The van der Waals surface area contributed by atoms with Crippen molar-refractivity contribution in [1.29, 1.82) is 0 Å². The summed E-state index contributed by atoms with van der Waals surface area (Å²) in [6, 6.07) is 7.16. The average molecular weight is 183 g/mol. The van der Waals surface area contributed by atoms with Gasteiger partial charge in [0.25, 0.3) is 4.90 Å². The highest BCUT2D eigenvalue weighted by Crippen LogP contribution is 2.12. The van der Waals surface area contributed by atoms with Crippen molar-refractivity contribution in [1.82, 2.24) is 0 Å². The van der Waals surface area contributed by atoms with Crippen LogP contribution in [0.15, 0.2) is 29.2 Å². The minimum atomic E-state index is 0.496. The lowest BCUT2D eigenvalue weighted by Gasteiger charge is -2.01. The quantitative estimate of drug-likeness (QED) is 0.669. The summed E-state index contributed by atoms with van der Waals surface area (Å²) in [5, 5.41) is 0. The molecular formula is C9H11O2S+. The van der Waals surface area contributed by atoms with Gasteiger partial charge in [-0.05, 0) is 18.6 Å². The van der Waals surface area contributed by atoms with Gasteiger partial charge in [0.1, 0.15) is 5.75 Å². The third kappa shape index (κ3) is 2.58. The van der Waals surface area contributed by atoms with E-state index in [4.69, 9.17) is 4.74 Å². The van der Waals surface area contributed by atoms with E-state index >= 15 is 0 Å². The summed E-state index contributed by atoms with van der Waals surface area (Å²) in [7, 11) is 0. The van der Waals surface area contributed by atoms with E-state index in [1.54, 1.807) is 12.1 Å². The molecule has 0 atom stereocenters. The van der Waals surface area contributed by atoms with Gasteiger partial charge in [0.2, 0.25) is 0 Å².